The van der Waals surface area contributed by atoms with Gasteiger partial charge in [0, 0.05) is 23.4 Å². The maximum absolute atomic E-state index is 10.7. The monoisotopic (exact) mass is 426 g/mol. The largest absolute Gasteiger partial charge is 0.492 e. The average Bonchev–Trinajstić information content (AvgIpc) is 3.21. The van der Waals surface area contributed by atoms with Crippen molar-refractivity contribution < 1.29 is 9.84 Å². The van der Waals surface area contributed by atoms with Gasteiger partial charge in [-0.25, -0.2) is 0 Å². The second-order valence-corrected chi connectivity index (χ2v) is 7.91. The van der Waals surface area contributed by atoms with Gasteiger partial charge in [0.05, 0.1) is 16.9 Å². The van der Waals surface area contributed by atoms with Gasteiger partial charge in [0.25, 0.3) is 0 Å². The minimum Gasteiger partial charge on any atom is -0.492 e. The average molecular weight is 427 g/mol. The van der Waals surface area contributed by atoms with Crippen LogP contribution in [0.2, 0.25) is 5.02 Å². The Kier molecular flexibility index (Phi) is 6.89. The van der Waals surface area contributed by atoms with E-state index in [9.17, 15) is 5.11 Å². The Labute approximate surface area is 181 Å². The van der Waals surface area contributed by atoms with Crippen molar-refractivity contribution in [2.24, 2.45) is 0 Å². The topological polar surface area (TPSA) is 73.4 Å². The minimum atomic E-state index is -0.866. The lowest BCUT2D eigenvalue weighted by atomic mass is 10.1. The second-order valence-electron chi connectivity index (χ2n) is 7.51. The molecule has 2 heterocycles. The zero-order valence-electron chi connectivity index (χ0n) is 16.9. The van der Waals surface area contributed by atoms with Crippen molar-refractivity contribution in [3.05, 3.63) is 65.3 Å². The van der Waals surface area contributed by atoms with Crippen LogP contribution in [0.15, 0.2) is 54.7 Å². The summed E-state index contributed by atoms with van der Waals surface area (Å²) in [6, 6.07) is 15.2. The number of para-hydroxylation sites is 1. The van der Waals surface area contributed by atoms with Crippen LogP contribution in [-0.2, 0) is 0 Å². The summed E-state index contributed by atoms with van der Waals surface area (Å²) in [6.07, 6.45) is 4.61. The first-order valence-electron chi connectivity index (χ1n) is 10.4. The lowest BCUT2D eigenvalue weighted by molar-refractivity contribution is 0.183. The fraction of sp³-hybridized carbons (Fsp3) is 0.348. The molecule has 0 aliphatic carbocycles. The smallest absolute Gasteiger partial charge is 0.150 e. The molecule has 7 heteroatoms. The fourth-order valence-corrected chi connectivity index (χ4v) is 3.93. The van der Waals surface area contributed by atoms with E-state index in [0.29, 0.717) is 17.3 Å². The molecular formula is C23H27ClN4O2. The summed E-state index contributed by atoms with van der Waals surface area (Å²) in [5.74, 6) is 0.813. The molecule has 1 fully saturated rings. The third-order valence-corrected chi connectivity index (χ3v) is 5.69. The van der Waals surface area contributed by atoms with Crippen LogP contribution in [0, 0.1) is 0 Å². The minimum absolute atomic E-state index is 0.532. The highest BCUT2D eigenvalue weighted by atomic mass is 35.5. The maximum Gasteiger partial charge on any atom is 0.150 e. The number of aromatic nitrogens is 2. The summed E-state index contributed by atoms with van der Waals surface area (Å²) in [4.78, 5) is 2.45. The number of benzene rings is 2. The van der Waals surface area contributed by atoms with E-state index in [1.807, 2.05) is 48.5 Å². The number of H-pyrrole nitrogens is 1. The first kappa shape index (κ1) is 20.7. The van der Waals surface area contributed by atoms with E-state index in [2.05, 4.69) is 20.4 Å². The molecule has 2 aromatic carbocycles. The molecule has 6 nitrogen and oxygen atoms in total. The van der Waals surface area contributed by atoms with Gasteiger partial charge in [-0.05, 0) is 44.1 Å². The molecule has 3 N–H and O–H groups in total. The molecule has 1 unspecified atom stereocenters. The number of nitrogens with one attached hydrogen (secondary N) is 2. The highest BCUT2D eigenvalue weighted by molar-refractivity contribution is 6.33. The summed E-state index contributed by atoms with van der Waals surface area (Å²) >= 11 is 6.21. The van der Waals surface area contributed by atoms with E-state index in [0.717, 1.165) is 29.1 Å². The normalized spacial score (nSPS) is 15.7. The Morgan fingerprint density at radius 3 is 2.60 bits per heavy atom. The SMILES string of the molecule is OC(Nc1ccccc1-c1[nH]ncc1Cl)c1ccc(OCCN2CCCCC2)cc1. The number of aliphatic hydroxyl groups is 1. The molecule has 0 bridgehead atoms. The van der Waals surface area contributed by atoms with Gasteiger partial charge in [-0.3, -0.25) is 10.00 Å². The highest BCUT2D eigenvalue weighted by Gasteiger charge is 2.14. The Hall–Kier alpha value is -2.54. The van der Waals surface area contributed by atoms with Crippen LogP contribution in [0.4, 0.5) is 5.69 Å². The number of hydrogen-bond donors (Lipinski definition) is 3. The Morgan fingerprint density at radius 1 is 1.10 bits per heavy atom. The lowest BCUT2D eigenvalue weighted by Gasteiger charge is -2.26. The van der Waals surface area contributed by atoms with Crippen molar-refractivity contribution in [1.29, 1.82) is 0 Å². The van der Waals surface area contributed by atoms with Crippen molar-refractivity contribution >= 4 is 17.3 Å². The summed E-state index contributed by atoms with van der Waals surface area (Å²) in [5, 5.41) is 21.2. The van der Waals surface area contributed by atoms with Crippen LogP contribution in [-0.4, -0.2) is 46.4 Å². The lowest BCUT2D eigenvalue weighted by Crippen LogP contribution is -2.33. The Bertz CT molecular complexity index is 938. The molecular weight excluding hydrogens is 400 g/mol. The number of likely N-dealkylation sites (tertiary alicyclic amines) is 1. The van der Waals surface area contributed by atoms with Crippen LogP contribution in [0.1, 0.15) is 31.1 Å². The van der Waals surface area contributed by atoms with Crippen LogP contribution >= 0.6 is 11.6 Å². The van der Waals surface area contributed by atoms with Crippen LogP contribution in [0.25, 0.3) is 11.3 Å². The van der Waals surface area contributed by atoms with Crippen molar-refractivity contribution in [1.82, 2.24) is 15.1 Å². The summed E-state index contributed by atoms with van der Waals surface area (Å²) in [7, 11) is 0. The predicted octanol–water partition coefficient (Wildman–Crippen LogP) is 4.70. The van der Waals surface area contributed by atoms with E-state index in [1.165, 1.54) is 32.4 Å². The quantitative estimate of drug-likeness (QED) is 0.455. The number of aromatic amines is 1. The molecule has 1 aliphatic heterocycles. The molecule has 1 atom stereocenters. The zero-order valence-corrected chi connectivity index (χ0v) is 17.6. The third-order valence-electron chi connectivity index (χ3n) is 5.40. The summed E-state index contributed by atoms with van der Waals surface area (Å²) in [5.41, 5.74) is 3.07. The third kappa shape index (κ3) is 5.14. The van der Waals surface area contributed by atoms with Crippen molar-refractivity contribution in [3.63, 3.8) is 0 Å². The molecule has 4 rings (SSSR count). The molecule has 1 aliphatic rings. The number of rotatable bonds is 8. The highest BCUT2D eigenvalue weighted by Crippen LogP contribution is 2.33. The molecule has 1 aromatic heterocycles. The van der Waals surface area contributed by atoms with E-state index < -0.39 is 6.23 Å². The standard InChI is InChI=1S/C23H27ClN4O2/c24-20-16-25-27-22(20)19-6-2-3-7-21(19)26-23(29)17-8-10-18(11-9-17)30-15-14-28-12-4-1-5-13-28/h2-3,6-11,16,23,26,29H,1,4-5,12-15H2,(H,25,27). The molecule has 30 heavy (non-hydrogen) atoms. The summed E-state index contributed by atoms with van der Waals surface area (Å²) < 4.78 is 5.87. The van der Waals surface area contributed by atoms with Crippen molar-refractivity contribution in [3.8, 4) is 17.0 Å². The molecule has 0 spiro atoms. The van der Waals surface area contributed by atoms with Gasteiger partial charge in [0.1, 0.15) is 12.4 Å². The first-order valence-corrected chi connectivity index (χ1v) is 10.8. The van der Waals surface area contributed by atoms with Gasteiger partial charge < -0.3 is 15.2 Å². The predicted molar refractivity (Wildman–Crippen MR) is 120 cm³/mol. The number of piperidine rings is 1. The summed E-state index contributed by atoms with van der Waals surface area (Å²) in [6.45, 7) is 3.98. The molecule has 158 valence electrons. The van der Waals surface area contributed by atoms with E-state index >= 15 is 0 Å². The van der Waals surface area contributed by atoms with Crippen molar-refractivity contribution in [2.45, 2.75) is 25.5 Å². The Balaban J connectivity index is 1.35. The van der Waals surface area contributed by atoms with E-state index in [4.69, 9.17) is 16.3 Å². The van der Waals surface area contributed by atoms with Gasteiger partial charge in [-0.2, -0.15) is 5.10 Å². The molecule has 3 aromatic rings. The maximum atomic E-state index is 10.7. The van der Waals surface area contributed by atoms with Gasteiger partial charge in [-0.15, -0.1) is 0 Å². The molecule has 0 saturated carbocycles. The number of ether oxygens (including phenoxy) is 1. The first-order chi connectivity index (χ1) is 14.7. The Morgan fingerprint density at radius 2 is 1.87 bits per heavy atom. The number of hydrogen-bond acceptors (Lipinski definition) is 5. The van der Waals surface area contributed by atoms with Crippen LogP contribution < -0.4 is 10.1 Å². The zero-order chi connectivity index (χ0) is 20.8. The number of halogens is 1. The number of anilines is 1. The van der Waals surface area contributed by atoms with Crippen LogP contribution in [0.5, 0.6) is 5.75 Å². The fourth-order valence-electron chi connectivity index (χ4n) is 3.74. The molecule has 1 saturated heterocycles. The number of nitrogens with zero attached hydrogens (tertiary/aromatic N) is 2. The van der Waals surface area contributed by atoms with E-state index in [1.54, 1.807) is 6.20 Å². The second kappa shape index (κ2) is 9.98. The molecule has 0 amide bonds. The van der Waals surface area contributed by atoms with Gasteiger partial charge >= 0.3 is 0 Å². The van der Waals surface area contributed by atoms with Crippen molar-refractivity contribution in [2.75, 3.05) is 31.6 Å². The van der Waals surface area contributed by atoms with Crippen LogP contribution in [0.3, 0.4) is 0 Å². The van der Waals surface area contributed by atoms with E-state index in [-0.39, 0.29) is 0 Å². The van der Waals surface area contributed by atoms with Gasteiger partial charge in [0.2, 0.25) is 0 Å². The molecule has 0 radical (unpaired) electrons. The van der Waals surface area contributed by atoms with Gasteiger partial charge in [-0.1, -0.05) is 48.4 Å². The van der Waals surface area contributed by atoms with Gasteiger partial charge in [0.15, 0.2) is 6.23 Å². The number of aliphatic hydroxyl groups excluding tert-OH is 1.